The Labute approximate surface area is 102 Å². The summed E-state index contributed by atoms with van der Waals surface area (Å²) >= 11 is 0. The number of carbonyl (C=O) groups excluding carboxylic acids is 1. The molecule has 0 aromatic heterocycles. The van der Waals surface area contributed by atoms with Gasteiger partial charge in [0.05, 0.1) is 12.7 Å². The van der Waals surface area contributed by atoms with E-state index in [9.17, 15) is 4.79 Å². The Bertz CT molecular complexity index is 389. The summed E-state index contributed by atoms with van der Waals surface area (Å²) in [5.74, 6) is -0.0968. The van der Waals surface area contributed by atoms with E-state index in [1.165, 1.54) is 0 Å². The van der Waals surface area contributed by atoms with E-state index < -0.39 is 0 Å². The number of hydrogen-bond acceptors (Lipinski definition) is 3. The van der Waals surface area contributed by atoms with Gasteiger partial charge in [0.1, 0.15) is 0 Å². The van der Waals surface area contributed by atoms with E-state index in [1.807, 2.05) is 20.8 Å². The van der Waals surface area contributed by atoms with Crippen LogP contribution in [0.4, 0.5) is 5.69 Å². The third kappa shape index (κ3) is 4.44. The van der Waals surface area contributed by atoms with E-state index in [0.29, 0.717) is 24.4 Å². The molecule has 4 heteroatoms. The van der Waals surface area contributed by atoms with Gasteiger partial charge in [0.15, 0.2) is 0 Å². The molecule has 0 atom stereocenters. The predicted octanol–water partition coefficient (Wildman–Crippen LogP) is 1.73. The zero-order valence-electron chi connectivity index (χ0n) is 10.6. The van der Waals surface area contributed by atoms with Crippen LogP contribution in [-0.4, -0.2) is 25.2 Å². The number of nitrogens with two attached hydrogens (primary N) is 1. The van der Waals surface area contributed by atoms with Crippen molar-refractivity contribution in [1.82, 2.24) is 5.32 Å². The summed E-state index contributed by atoms with van der Waals surface area (Å²) in [7, 11) is 0. The minimum absolute atomic E-state index is 0.0968. The van der Waals surface area contributed by atoms with Crippen molar-refractivity contribution in [2.24, 2.45) is 0 Å². The van der Waals surface area contributed by atoms with Gasteiger partial charge in [-0.1, -0.05) is 0 Å². The topological polar surface area (TPSA) is 64.3 Å². The normalized spacial score (nSPS) is 10.6. The van der Waals surface area contributed by atoms with Crippen LogP contribution in [0.3, 0.4) is 0 Å². The first-order valence-corrected chi connectivity index (χ1v) is 5.76. The lowest BCUT2D eigenvalue weighted by atomic mass is 10.1. The van der Waals surface area contributed by atoms with E-state index in [4.69, 9.17) is 10.5 Å². The quantitative estimate of drug-likeness (QED) is 0.604. The molecule has 94 valence electrons. The molecule has 0 saturated carbocycles. The summed E-state index contributed by atoms with van der Waals surface area (Å²) in [5, 5.41) is 2.80. The predicted molar refractivity (Wildman–Crippen MR) is 69.0 cm³/mol. The Kier molecular flexibility index (Phi) is 4.97. The van der Waals surface area contributed by atoms with Gasteiger partial charge in [-0.05, 0) is 44.5 Å². The maximum absolute atomic E-state index is 11.7. The number of benzene rings is 1. The first-order chi connectivity index (χ1) is 8.00. The van der Waals surface area contributed by atoms with E-state index in [-0.39, 0.29) is 12.0 Å². The van der Waals surface area contributed by atoms with Crippen molar-refractivity contribution in [3.63, 3.8) is 0 Å². The number of ether oxygens (including phenoxy) is 1. The minimum Gasteiger partial charge on any atom is -0.399 e. The van der Waals surface area contributed by atoms with Crippen molar-refractivity contribution in [2.75, 3.05) is 18.9 Å². The highest BCUT2D eigenvalue weighted by molar-refractivity contribution is 5.94. The molecule has 0 bridgehead atoms. The Hall–Kier alpha value is -1.55. The molecule has 0 fully saturated rings. The lowest BCUT2D eigenvalue weighted by molar-refractivity contribution is 0.0746. The first kappa shape index (κ1) is 13.5. The number of nitrogen functional groups attached to an aromatic ring is 1. The highest BCUT2D eigenvalue weighted by atomic mass is 16.5. The molecule has 0 aliphatic rings. The highest BCUT2D eigenvalue weighted by Crippen LogP contribution is 2.12. The summed E-state index contributed by atoms with van der Waals surface area (Å²) in [5.41, 5.74) is 7.93. The van der Waals surface area contributed by atoms with Crippen molar-refractivity contribution in [3.05, 3.63) is 29.3 Å². The molecule has 0 radical (unpaired) electrons. The van der Waals surface area contributed by atoms with Gasteiger partial charge in [-0.3, -0.25) is 4.79 Å². The second-order valence-corrected chi connectivity index (χ2v) is 4.25. The van der Waals surface area contributed by atoms with Gasteiger partial charge in [0.25, 0.3) is 5.91 Å². The van der Waals surface area contributed by atoms with Crippen LogP contribution in [0.5, 0.6) is 0 Å². The van der Waals surface area contributed by atoms with Gasteiger partial charge >= 0.3 is 0 Å². The molecule has 0 aliphatic heterocycles. The van der Waals surface area contributed by atoms with Crippen LogP contribution in [0, 0.1) is 6.92 Å². The number of amides is 1. The van der Waals surface area contributed by atoms with Crippen LogP contribution in [-0.2, 0) is 4.74 Å². The Balaban J connectivity index is 2.44. The van der Waals surface area contributed by atoms with Crippen LogP contribution in [0.15, 0.2) is 18.2 Å². The van der Waals surface area contributed by atoms with Crippen molar-refractivity contribution in [2.45, 2.75) is 26.9 Å². The van der Waals surface area contributed by atoms with Gasteiger partial charge in [0.2, 0.25) is 0 Å². The zero-order chi connectivity index (χ0) is 12.8. The Morgan fingerprint density at radius 3 is 2.76 bits per heavy atom. The number of nitrogens with one attached hydrogen (secondary N) is 1. The SMILES string of the molecule is Cc1cc(C(=O)NCCOC(C)C)ccc1N. The fourth-order valence-corrected chi connectivity index (χ4v) is 1.38. The van der Waals surface area contributed by atoms with Crippen molar-refractivity contribution in [1.29, 1.82) is 0 Å². The summed E-state index contributed by atoms with van der Waals surface area (Å²) in [4.78, 5) is 11.7. The molecule has 4 nitrogen and oxygen atoms in total. The van der Waals surface area contributed by atoms with Gasteiger partial charge in [-0.25, -0.2) is 0 Å². The summed E-state index contributed by atoms with van der Waals surface area (Å²) in [6.07, 6.45) is 0.186. The average Bonchev–Trinajstić information content (AvgIpc) is 2.27. The Morgan fingerprint density at radius 1 is 1.47 bits per heavy atom. The molecule has 1 amide bonds. The number of anilines is 1. The molecule has 0 heterocycles. The summed E-state index contributed by atoms with van der Waals surface area (Å²) in [6, 6.07) is 5.25. The van der Waals surface area contributed by atoms with E-state index in [0.717, 1.165) is 5.56 Å². The molecule has 0 saturated heterocycles. The molecule has 17 heavy (non-hydrogen) atoms. The van der Waals surface area contributed by atoms with Crippen molar-refractivity contribution in [3.8, 4) is 0 Å². The average molecular weight is 236 g/mol. The third-order valence-electron chi connectivity index (χ3n) is 2.37. The largest absolute Gasteiger partial charge is 0.399 e. The maximum atomic E-state index is 11.7. The van der Waals surface area contributed by atoms with E-state index in [2.05, 4.69) is 5.32 Å². The molecule has 3 N–H and O–H groups in total. The molecule has 0 aliphatic carbocycles. The van der Waals surface area contributed by atoms with Crippen LogP contribution in [0.25, 0.3) is 0 Å². The minimum atomic E-state index is -0.0968. The van der Waals surface area contributed by atoms with Crippen molar-refractivity contribution < 1.29 is 9.53 Å². The van der Waals surface area contributed by atoms with Crippen LogP contribution >= 0.6 is 0 Å². The van der Waals surface area contributed by atoms with E-state index >= 15 is 0 Å². The second-order valence-electron chi connectivity index (χ2n) is 4.25. The fourth-order valence-electron chi connectivity index (χ4n) is 1.38. The molecule has 1 aromatic rings. The van der Waals surface area contributed by atoms with Gasteiger partial charge < -0.3 is 15.8 Å². The molecular formula is C13H20N2O2. The van der Waals surface area contributed by atoms with Crippen LogP contribution < -0.4 is 11.1 Å². The third-order valence-corrected chi connectivity index (χ3v) is 2.37. The smallest absolute Gasteiger partial charge is 0.251 e. The van der Waals surface area contributed by atoms with Gasteiger partial charge in [-0.15, -0.1) is 0 Å². The number of hydrogen-bond donors (Lipinski definition) is 2. The Morgan fingerprint density at radius 2 is 2.18 bits per heavy atom. The van der Waals surface area contributed by atoms with Gasteiger partial charge in [0, 0.05) is 17.8 Å². The maximum Gasteiger partial charge on any atom is 0.251 e. The lowest BCUT2D eigenvalue weighted by Crippen LogP contribution is -2.28. The first-order valence-electron chi connectivity index (χ1n) is 5.76. The highest BCUT2D eigenvalue weighted by Gasteiger charge is 2.06. The standard InChI is InChI=1S/C13H20N2O2/c1-9(2)17-7-6-15-13(16)11-4-5-12(14)10(3)8-11/h4-5,8-9H,6-7,14H2,1-3H3,(H,15,16). The molecule has 0 spiro atoms. The lowest BCUT2D eigenvalue weighted by Gasteiger charge is -2.09. The molecule has 1 rings (SSSR count). The number of rotatable bonds is 5. The molecule has 1 aromatic carbocycles. The molecule has 0 unspecified atom stereocenters. The molecular weight excluding hydrogens is 216 g/mol. The van der Waals surface area contributed by atoms with Crippen LogP contribution in [0.2, 0.25) is 0 Å². The summed E-state index contributed by atoms with van der Waals surface area (Å²) < 4.78 is 5.34. The number of carbonyl (C=O) groups is 1. The van der Waals surface area contributed by atoms with E-state index in [1.54, 1.807) is 18.2 Å². The number of aryl methyl sites for hydroxylation is 1. The zero-order valence-corrected chi connectivity index (χ0v) is 10.6. The fraction of sp³-hybridized carbons (Fsp3) is 0.462. The van der Waals surface area contributed by atoms with Crippen molar-refractivity contribution >= 4 is 11.6 Å². The monoisotopic (exact) mass is 236 g/mol. The second kappa shape index (κ2) is 6.25. The van der Waals surface area contributed by atoms with Gasteiger partial charge in [-0.2, -0.15) is 0 Å². The van der Waals surface area contributed by atoms with Crippen LogP contribution in [0.1, 0.15) is 29.8 Å². The summed E-state index contributed by atoms with van der Waals surface area (Å²) in [6.45, 7) is 6.85.